The zero-order valence-corrected chi connectivity index (χ0v) is 13.0. The van der Waals surface area contributed by atoms with Gasteiger partial charge in [-0.25, -0.2) is 0 Å². The van der Waals surface area contributed by atoms with Crippen LogP contribution in [0.1, 0.15) is 25.3 Å². The summed E-state index contributed by atoms with van der Waals surface area (Å²) in [6, 6.07) is 5.83. The molecule has 2 nitrogen and oxygen atoms in total. The second kappa shape index (κ2) is 6.27. The van der Waals surface area contributed by atoms with E-state index in [0.29, 0.717) is 9.85 Å². The van der Waals surface area contributed by atoms with E-state index in [1.165, 1.54) is 0 Å². The van der Waals surface area contributed by atoms with Crippen LogP contribution in [-0.2, 0) is 4.74 Å². The molecule has 0 aromatic heterocycles. The van der Waals surface area contributed by atoms with Crippen molar-refractivity contribution in [3.05, 3.63) is 28.8 Å². The number of ether oxygens (including phenoxy) is 2. The van der Waals surface area contributed by atoms with Gasteiger partial charge in [0.2, 0.25) is 0 Å². The number of hydrogen-bond donors (Lipinski definition) is 0. The molecule has 0 spiro atoms. The van der Waals surface area contributed by atoms with Crippen LogP contribution < -0.4 is 4.74 Å². The second-order valence-corrected chi connectivity index (χ2v) is 6.26. The molecule has 1 aromatic carbocycles. The lowest BCUT2D eigenvalue weighted by molar-refractivity contribution is -0.0761. The van der Waals surface area contributed by atoms with E-state index >= 15 is 0 Å². The van der Waals surface area contributed by atoms with Gasteiger partial charge in [-0.05, 0) is 31.0 Å². The zero-order chi connectivity index (χ0) is 13.1. The minimum absolute atomic E-state index is 0.0974. The van der Waals surface area contributed by atoms with Gasteiger partial charge in [-0.15, -0.1) is 0 Å². The van der Waals surface area contributed by atoms with Gasteiger partial charge < -0.3 is 9.47 Å². The fourth-order valence-corrected chi connectivity index (χ4v) is 3.00. The molecule has 18 heavy (non-hydrogen) atoms. The van der Waals surface area contributed by atoms with Gasteiger partial charge in [-0.3, -0.25) is 0 Å². The molecule has 1 aliphatic rings. The molecule has 0 amide bonds. The molecule has 1 fully saturated rings. The highest BCUT2D eigenvalue weighted by molar-refractivity contribution is 9.09. The van der Waals surface area contributed by atoms with E-state index in [0.717, 1.165) is 30.8 Å². The van der Waals surface area contributed by atoms with E-state index in [1.54, 1.807) is 0 Å². The molecule has 0 N–H and O–H groups in total. The Labute approximate surface area is 122 Å². The van der Waals surface area contributed by atoms with Crippen molar-refractivity contribution in [2.24, 2.45) is 0 Å². The topological polar surface area (TPSA) is 18.5 Å². The summed E-state index contributed by atoms with van der Waals surface area (Å²) in [5, 5.41) is 0.660. The molecule has 2 rings (SSSR count). The minimum atomic E-state index is 0.0974. The SMILES string of the molecule is CCCOC1C(Br)CC1Oc1cc(C)ccc1Cl. The van der Waals surface area contributed by atoms with E-state index in [-0.39, 0.29) is 12.2 Å². The van der Waals surface area contributed by atoms with Crippen molar-refractivity contribution in [1.29, 1.82) is 0 Å². The van der Waals surface area contributed by atoms with E-state index in [4.69, 9.17) is 21.1 Å². The summed E-state index contributed by atoms with van der Waals surface area (Å²) in [5.41, 5.74) is 1.15. The lowest BCUT2D eigenvalue weighted by Crippen LogP contribution is -2.52. The van der Waals surface area contributed by atoms with E-state index in [1.807, 2.05) is 25.1 Å². The Kier molecular flexibility index (Phi) is 4.93. The van der Waals surface area contributed by atoms with Gasteiger partial charge in [-0.1, -0.05) is 40.5 Å². The Bertz CT molecular complexity index is 411. The maximum absolute atomic E-state index is 6.13. The molecule has 0 radical (unpaired) electrons. The van der Waals surface area contributed by atoms with Gasteiger partial charge in [0, 0.05) is 17.9 Å². The first-order valence-electron chi connectivity index (χ1n) is 6.30. The van der Waals surface area contributed by atoms with E-state index < -0.39 is 0 Å². The number of benzene rings is 1. The molecule has 1 saturated carbocycles. The van der Waals surface area contributed by atoms with Crippen LogP contribution >= 0.6 is 27.5 Å². The molecule has 0 bridgehead atoms. The Hall–Kier alpha value is -0.250. The highest BCUT2D eigenvalue weighted by Crippen LogP contribution is 2.36. The predicted molar refractivity (Wildman–Crippen MR) is 78.0 cm³/mol. The molecule has 0 aliphatic heterocycles. The summed E-state index contributed by atoms with van der Waals surface area (Å²) < 4.78 is 11.7. The van der Waals surface area contributed by atoms with Crippen molar-refractivity contribution in [2.75, 3.05) is 6.61 Å². The van der Waals surface area contributed by atoms with Crippen LogP contribution in [0.4, 0.5) is 0 Å². The minimum Gasteiger partial charge on any atom is -0.486 e. The zero-order valence-electron chi connectivity index (χ0n) is 10.7. The third-order valence-corrected chi connectivity index (χ3v) is 4.27. The quantitative estimate of drug-likeness (QED) is 0.745. The molecule has 1 aliphatic carbocycles. The third kappa shape index (κ3) is 3.19. The molecule has 0 heterocycles. The predicted octanol–water partition coefficient (Wildman–Crippen LogP) is 4.36. The van der Waals surface area contributed by atoms with Crippen LogP contribution in [0.5, 0.6) is 5.75 Å². The van der Waals surface area contributed by atoms with E-state index in [9.17, 15) is 0 Å². The first-order valence-corrected chi connectivity index (χ1v) is 7.59. The van der Waals surface area contributed by atoms with Crippen molar-refractivity contribution in [1.82, 2.24) is 0 Å². The largest absolute Gasteiger partial charge is 0.486 e. The van der Waals surface area contributed by atoms with Crippen molar-refractivity contribution in [2.45, 2.75) is 43.7 Å². The average molecular weight is 334 g/mol. The molecular weight excluding hydrogens is 316 g/mol. The lowest BCUT2D eigenvalue weighted by atomic mass is 9.91. The van der Waals surface area contributed by atoms with Crippen LogP contribution in [0.15, 0.2) is 18.2 Å². The highest BCUT2D eigenvalue weighted by Gasteiger charge is 2.42. The molecule has 4 heteroatoms. The van der Waals surface area contributed by atoms with Crippen LogP contribution in [0.2, 0.25) is 5.02 Å². The molecule has 3 atom stereocenters. The first-order chi connectivity index (χ1) is 8.61. The van der Waals surface area contributed by atoms with Gasteiger partial charge >= 0.3 is 0 Å². The van der Waals surface area contributed by atoms with E-state index in [2.05, 4.69) is 22.9 Å². The van der Waals surface area contributed by atoms with Crippen LogP contribution in [0.25, 0.3) is 0 Å². The summed E-state index contributed by atoms with van der Waals surface area (Å²) in [6.45, 7) is 4.91. The maximum Gasteiger partial charge on any atom is 0.138 e. The second-order valence-electron chi connectivity index (χ2n) is 4.68. The first kappa shape index (κ1) is 14.2. The summed E-state index contributed by atoms with van der Waals surface area (Å²) >= 11 is 9.74. The Morgan fingerprint density at radius 2 is 2.22 bits per heavy atom. The van der Waals surface area contributed by atoms with Crippen LogP contribution in [-0.4, -0.2) is 23.6 Å². The van der Waals surface area contributed by atoms with Gasteiger partial charge in [-0.2, -0.15) is 0 Å². The number of hydrogen-bond acceptors (Lipinski definition) is 2. The van der Waals surface area contributed by atoms with Crippen LogP contribution in [0.3, 0.4) is 0 Å². The van der Waals surface area contributed by atoms with Gasteiger partial charge in [0.15, 0.2) is 0 Å². The summed E-state index contributed by atoms with van der Waals surface area (Å²) in [5.74, 6) is 0.756. The van der Waals surface area contributed by atoms with Crippen LogP contribution in [0, 0.1) is 6.92 Å². The third-order valence-electron chi connectivity index (χ3n) is 3.06. The monoisotopic (exact) mass is 332 g/mol. The van der Waals surface area contributed by atoms with Gasteiger partial charge in [0.05, 0.1) is 5.02 Å². The normalized spacial score (nSPS) is 26.8. The van der Waals surface area contributed by atoms with Gasteiger partial charge in [0.25, 0.3) is 0 Å². The molecule has 1 aromatic rings. The summed E-state index contributed by atoms with van der Waals surface area (Å²) in [4.78, 5) is 0.387. The van der Waals surface area contributed by atoms with Crippen molar-refractivity contribution >= 4 is 27.5 Å². The lowest BCUT2D eigenvalue weighted by Gasteiger charge is -2.41. The molecule has 3 unspecified atom stereocenters. The van der Waals surface area contributed by atoms with Crippen molar-refractivity contribution in [3.8, 4) is 5.75 Å². The number of alkyl halides is 1. The van der Waals surface area contributed by atoms with Gasteiger partial charge in [0.1, 0.15) is 18.0 Å². The molecule has 100 valence electrons. The number of aryl methyl sites for hydroxylation is 1. The summed E-state index contributed by atoms with van der Waals surface area (Å²) in [7, 11) is 0. The smallest absolute Gasteiger partial charge is 0.138 e. The average Bonchev–Trinajstić information content (AvgIpc) is 2.33. The maximum atomic E-state index is 6.13. The van der Waals surface area contributed by atoms with Crippen molar-refractivity contribution < 1.29 is 9.47 Å². The Morgan fingerprint density at radius 3 is 2.89 bits per heavy atom. The highest BCUT2D eigenvalue weighted by atomic mass is 79.9. The fourth-order valence-electron chi connectivity index (χ4n) is 1.97. The number of rotatable bonds is 5. The molecule has 0 saturated heterocycles. The Balaban J connectivity index is 1.98. The summed E-state index contributed by atoms with van der Waals surface area (Å²) in [6.07, 6.45) is 2.20. The Morgan fingerprint density at radius 1 is 1.44 bits per heavy atom. The molecular formula is C14H18BrClO2. The van der Waals surface area contributed by atoms with Crippen molar-refractivity contribution in [3.63, 3.8) is 0 Å². The fraction of sp³-hybridized carbons (Fsp3) is 0.571. The number of halogens is 2. The standard InChI is InChI=1S/C14H18BrClO2/c1-3-6-17-14-10(15)8-13(14)18-12-7-9(2)4-5-11(12)16/h4-5,7,10,13-14H,3,6,8H2,1-2H3.